The Labute approximate surface area is 73.7 Å². The van der Waals surface area contributed by atoms with E-state index in [1.807, 2.05) is 0 Å². The van der Waals surface area contributed by atoms with Crippen molar-refractivity contribution >= 4 is 11.6 Å². The van der Waals surface area contributed by atoms with Gasteiger partial charge in [-0.1, -0.05) is 23.8 Å². The number of hydrogen-bond donors (Lipinski definition) is 0. The first-order valence-electron chi connectivity index (χ1n) is 3.33. The second-order valence-electron chi connectivity index (χ2n) is 2.68. The highest BCUT2D eigenvalue weighted by Crippen LogP contribution is 2.41. The lowest BCUT2D eigenvalue weighted by atomic mass is 9.97. The molecule has 0 heterocycles. The van der Waals surface area contributed by atoms with Crippen LogP contribution in [-0.2, 0) is 0 Å². The maximum absolute atomic E-state index is 12.3. The van der Waals surface area contributed by atoms with Gasteiger partial charge in [0.25, 0.3) is 0 Å². The molecule has 0 aromatic rings. The van der Waals surface area contributed by atoms with Gasteiger partial charge in [0.15, 0.2) is 4.87 Å². The summed E-state index contributed by atoms with van der Waals surface area (Å²) in [6.45, 7) is 1.58. The molecule has 1 aliphatic carbocycles. The summed E-state index contributed by atoms with van der Waals surface area (Å²) in [5, 5.41) is 0. The topological polar surface area (TPSA) is 0 Å². The van der Waals surface area contributed by atoms with Crippen LogP contribution in [0, 0.1) is 6.42 Å². The molecule has 1 unspecified atom stereocenters. The van der Waals surface area contributed by atoms with E-state index in [2.05, 4.69) is 0 Å². The van der Waals surface area contributed by atoms with Crippen molar-refractivity contribution in [1.82, 2.24) is 0 Å². The van der Waals surface area contributed by atoms with Gasteiger partial charge in [-0.25, -0.2) is 0 Å². The Morgan fingerprint density at radius 2 is 2.00 bits per heavy atom. The number of alkyl halides is 4. The van der Waals surface area contributed by atoms with Crippen LogP contribution in [0.4, 0.5) is 13.2 Å². The second-order valence-corrected chi connectivity index (χ2v) is 3.31. The molecule has 0 saturated heterocycles. The summed E-state index contributed by atoms with van der Waals surface area (Å²) in [5.74, 6) is 0. The van der Waals surface area contributed by atoms with E-state index in [-0.39, 0.29) is 0 Å². The summed E-state index contributed by atoms with van der Waals surface area (Å²) in [7, 11) is 0. The van der Waals surface area contributed by atoms with Crippen LogP contribution in [0.2, 0.25) is 0 Å². The van der Waals surface area contributed by atoms with Gasteiger partial charge in [0, 0.05) is 6.42 Å². The molecule has 1 atom stereocenters. The lowest BCUT2D eigenvalue weighted by Crippen LogP contribution is -2.37. The number of allylic oxidation sites excluding steroid dienone is 4. The molecule has 0 bridgehead atoms. The fraction of sp³-hybridized carbons (Fsp3) is 0.375. The van der Waals surface area contributed by atoms with E-state index < -0.39 is 11.1 Å². The van der Waals surface area contributed by atoms with Gasteiger partial charge in [-0.3, -0.25) is 0 Å². The normalized spacial score (nSPS) is 30.2. The highest BCUT2D eigenvalue weighted by atomic mass is 35.5. The number of halogens is 4. The molecule has 0 saturated carbocycles. The van der Waals surface area contributed by atoms with Crippen LogP contribution in [0.5, 0.6) is 0 Å². The van der Waals surface area contributed by atoms with Gasteiger partial charge < -0.3 is 0 Å². The Morgan fingerprint density at radius 1 is 1.42 bits per heavy atom. The van der Waals surface area contributed by atoms with Crippen molar-refractivity contribution in [1.29, 1.82) is 0 Å². The van der Waals surface area contributed by atoms with Gasteiger partial charge in [-0.05, 0) is 6.92 Å². The molecule has 12 heavy (non-hydrogen) atoms. The predicted octanol–water partition coefficient (Wildman–Crippen LogP) is 3.25. The van der Waals surface area contributed by atoms with E-state index in [1.165, 1.54) is 6.08 Å². The van der Waals surface area contributed by atoms with Crippen LogP contribution in [0.3, 0.4) is 0 Å². The summed E-state index contributed by atoms with van der Waals surface area (Å²) in [6, 6.07) is 0. The molecule has 1 radical (unpaired) electrons. The molecule has 67 valence electrons. The monoisotopic (exact) mass is 195 g/mol. The van der Waals surface area contributed by atoms with Crippen LogP contribution >= 0.6 is 11.6 Å². The number of hydrogen-bond acceptors (Lipinski definition) is 0. The molecule has 0 aliphatic heterocycles. The van der Waals surface area contributed by atoms with Gasteiger partial charge in [0.1, 0.15) is 0 Å². The average Bonchev–Trinajstić information content (AvgIpc) is 1.83. The van der Waals surface area contributed by atoms with Crippen LogP contribution < -0.4 is 0 Å². The highest BCUT2D eigenvalue weighted by molar-refractivity contribution is 6.27. The molecule has 0 aromatic carbocycles. The smallest absolute Gasteiger partial charge is 0.168 e. The fourth-order valence-corrected chi connectivity index (χ4v) is 1.19. The molecule has 1 aliphatic rings. The van der Waals surface area contributed by atoms with E-state index in [9.17, 15) is 13.2 Å². The molecule has 0 nitrogen and oxygen atoms in total. The van der Waals surface area contributed by atoms with Crippen molar-refractivity contribution in [2.75, 3.05) is 0 Å². The fourth-order valence-electron chi connectivity index (χ4n) is 0.944. The quantitative estimate of drug-likeness (QED) is 0.521. The Balaban J connectivity index is 2.99. The summed E-state index contributed by atoms with van der Waals surface area (Å²) in [5.41, 5.74) is 0.518. The van der Waals surface area contributed by atoms with Gasteiger partial charge in [0.2, 0.25) is 0 Å². The molecule has 1 rings (SSSR count). The van der Waals surface area contributed by atoms with Crippen LogP contribution in [0.25, 0.3) is 0 Å². The summed E-state index contributed by atoms with van der Waals surface area (Å²) >= 11 is 5.34. The van der Waals surface area contributed by atoms with Crippen molar-refractivity contribution in [2.45, 2.75) is 18.0 Å². The van der Waals surface area contributed by atoms with Crippen molar-refractivity contribution in [3.05, 3.63) is 30.2 Å². The highest BCUT2D eigenvalue weighted by Gasteiger charge is 2.50. The van der Waals surface area contributed by atoms with E-state index in [0.29, 0.717) is 5.57 Å². The summed E-state index contributed by atoms with van der Waals surface area (Å²) < 4.78 is 36.8. The minimum absolute atomic E-state index is 0.518. The van der Waals surface area contributed by atoms with Crippen molar-refractivity contribution in [2.24, 2.45) is 0 Å². The largest absolute Gasteiger partial charge is 0.414 e. The molecule has 0 N–H and O–H groups in total. The Hall–Kier alpha value is -0.440. The second kappa shape index (κ2) is 2.80. The Morgan fingerprint density at radius 3 is 2.33 bits per heavy atom. The molecular formula is C8H7ClF3. The minimum atomic E-state index is -4.43. The third-order valence-electron chi connectivity index (χ3n) is 1.57. The molecular weight excluding hydrogens is 189 g/mol. The van der Waals surface area contributed by atoms with Crippen molar-refractivity contribution in [3.63, 3.8) is 0 Å². The van der Waals surface area contributed by atoms with Gasteiger partial charge in [-0.2, -0.15) is 13.2 Å². The van der Waals surface area contributed by atoms with Gasteiger partial charge >= 0.3 is 6.18 Å². The van der Waals surface area contributed by atoms with Crippen LogP contribution in [-0.4, -0.2) is 11.1 Å². The van der Waals surface area contributed by atoms with Crippen LogP contribution in [0.1, 0.15) is 6.92 Å². The Bertz CT molecular complexity index is 239. The first kappa shape index (κ1) is 9.65. The van der Waals surface area contributed by atoms with Gasteiger partial charge in [0.05, 0.1) is 0 Å². The lowest BCUT2D eigenvalue weighted by molar-refractivity contribution is -0.139. The summed E-state index contributed by atoms with van der Waals surface area (Å²) in [6.07, 6.45) is 0.388. The van der Waals surface area contributed by atoms with E-state index in [0.717, 1.165) is 12.2 Å². The average molecular weight is 196 g/mol. The maximum atomic E-state index is 12.3. The van der Waals surface area contributed by atoms with Crippen molar-refractivity contribution in [3.8, 4) is 0 Å². The SMILES string of the molecule is CC1=CC(Cl)(C(F)(F)F)C=C[CH]1. The van der Waals surface area contributed by atoms with Crippen molar-refractivity contribution < 1.29 is 13.2 Å². The maximum Gasteiger partial charge on any atom is 0.414 e. The first-order valence-corrected chi connectivity index (χ1v) is 3.71. The third kappa shape index (κ3) is 1.66. The predicted molar refractivity (Wildman–Crippen MR) is 41.8 cm³/mol. The zero-order chi connectivity index (χ0) is 9.41. The molecule has 4 heteroatoms. The van der Waals surface area contributed by atoms with Crippen LogP contribution in [0.15, 0.2) is 23.8 Å². The zero-order valence-corrected chi connectivity index (χ0v) is 7.08. The minimum Gasteiger partial charge on any atom is -0.168 e. The molecule has 0 spiro atoms. The first-order chi connectivity index (χ1) is 5.35. The molecule has 0 aromatic heterocycles. The van der Waals surface area contributed by atoms with E-state index >= 15 is 0 Å². The van der Waals surface area contributed by atoms with Gasteiger partial charge in [-0.15, -0.1) is 11.6 Å². The standard InChI is InChI=1S/C8H7ClF3/c1-6-3-2-4-7(9,5-6)8(10,11)12/h2-5H,1H3. The summed E-state index contributed by atoms with van der Waals surface area (Å²) in [4.78, 5) is -2.31. The Kier molecular flexibility index (Phi) is 2.25. The lowest BCUT2D eigenvalue weighted by Gasteiger charge is -2.26. The number of rotatable bonds is 0. The zero-order valence-electron chi connectivity index (χ0n) is 6.32. The van der Waals surface area contributed by atoms with E-state index in [4.69, 9.17) is 11.6 Å². The third-order valence-corrected chi connectivity index (χ3v) is 2.02. The molecule has 0 fully saturated rings. The molecule has 0 amide bonds. The van der Waals surface area contributed by atoms with E-state index in [1.54, 1.807) is 13.3 Å².